The van der Waals surface area contributed by atoms with Gasteiger partial charge >= 0.3 is 0 Å². The van der Waals surface area contributed by atoms with Crippen LogP contribution >= 0.6 is 15.9 Å². The van der Waals surface area contributed by atoms with E-state index in [1.54, 1.807) is 18.7 Å². The summed E-state index contributed by atoms with van der Waals surface area (Å²) >= 11 is 3.23. The molecule has 1 spiro atoms. The standard InChI is InChI=1S/C23H31BrN2O5S/c1-14(2)30-19-13-23(31-17(6)16(19)5)9-11-26(12-10-23)22(27)18-7-8-20(21(24)25-18)32(28,29)15(3)4/h7-8,14-15,19H,5-6,9-13H2,1-4H3. The van der Waals surface area contributed by atoms with Crippen LogP contribution in [0.1, 0.15) is 57.4 Å². The SMILES string of the molecule is C=C1OC2(CCN(C(=O)c3ccc(S(=O)(=O)C(C)C)c(Br)n3)CC2)CC(OC(C)C)C1=C. The highest BCUT2D eigenvalue weighted by molar-refractivity contribution is 9.10. The van der Waals surface area contributed by atoms with Crippen LogP contribution in [-0.2, 0) is 19.3 Å². The van der Waals surface area contributed by atoms with Crippen molar-refractivity contribution in [3.05, 3.63) is 46.9 Å². The van der Waals surface area contributed by atoms with E-state index >= 15 is 0 Å². The highest BCUT2D eigenvalue weighted by atomic mass is 79.9. The average molecular weight is 527 g/mol. The normalized spacial score (nSPS) is 21.3. The van der Waals surface area contributed by atoms with Crippen molar-refractivity contribution in [1.29, 1.82) is 0 Å². The van der Waals surface area contributed by atoms with Gasteiger partial charge in [-0.3, -0.25) is 4.79 Å². The zero-order chi connectivity index (χ0) is 23.8. The van der Waals surface area contributed by atoms with E-state index in [9.17, 15) is 13.2 Å². The van der Waals surface area contributed by atoms with Gasteiger partial charge in [-0.1, -0.05) is 13.2 Å². The summed E-state index contributed by atoms with van der Waals surface area (Å²) in [6.07, 6.45) is 1.88. The maximum absolute atomic E-state index is 13.0. The van der Waals surface area contributed by atoms with Crippen molar-refractivity contribution in [1.82, 2.24) is 9.88 Å². The number of ether oxygens (including phenoxy) is 2. The summed E-state index contributed by atoms with van der Waals surface area (Å²) in [6.45, 7) is 16.3. The van der Waals surface area contributed by atoms with Crippen LogP contribution in [0.2, 0.25) is 0 Å². The monoisotopic (exact) mass is 526 g/mol. The molecule has 176 valence electrons. The summed E-state index contributed by atoms with van der Waals surface area (Å²) < 4.78 is 37.2. The van der Waals surface area contributed by atoms with E-state index in [4.69, 9.17) is 9.47 Å². The fourth-order valence-electron chi connectivity index (χ4n) is 4.06. The number of aromatic nitrogens is 1. The Morgan fingerprint density at radius 1 is 1.25 bits per heavy atom. The van der Waals surface area contributed by atoms with E-state index in [0.717, 1.165) is 5.57 Å². The third kappa shape index (κ3) is 4.94. The third-order valence-electron chi connectivity index (χ3n) is 6.00. The first-order chi connectivity index (χ1) is 14.9. The van der Waals surface area contributed by atoms with E-state index in [0.29, 0.717) is 38.1 Å². The molecule has 7 nitrogen and oxygen atoms in total. The lowest BCUT2D eigenvalue weighted by Gasteiger charge is -2.47. The molecule has 1 atom stereocenters. The molecule has 3 rings (SSSR count). The first-order valence-corrected chi connectivity index (χ1v) is 13.1. The summed E-state index contributed by atoms with van der Waals surface area (Å²) in [6, 6.07) is 2.92. The van der Waals surface area contributed by atoms with Gasteiger partial charge in [0.15, 0.2) is 9.84 Å². The second-order valence-corrected chi connectivity index (χ2v) is 12.2. The van der Waals surface area contributed by atoms with Crippen LogP contribution in [-0.4, -0.2) is 60.4 Å². The highest BCUT2D eigenvalue weighted by Crippen LogP contribution is 2.42. The number of amides is 1. The molecule has 0 aromatic carbocycles. The van der Waals surface area contributed by atoms with E-state index < -0.39 is 20.7 Å². The number of sulfone groups is 1. The molecule has 1 amide bonds. The van der Waals surface area contributed by atoms with Crippen molar-refractivity contribution in [2.24, 2.45) is 0 Å². The Bertz CT molecular complexity index is 1030. The Balaban J connectivity index is 1.71. The van der Waals surface area contributed by atoms with Gasteiger partial charge in [0, 0.05) is 37.9 Å². The number of rotatable bonds is 5. The number of halogens is 1. The zero-order valence-electron chi connectivity index (χ0n) is 19.1. The summed E-state index contributed by atoms with van der Waals surface area (Å²) in [7, 11) is -3.50. The maximum atomic E-state index is 13.0. The number of hydrogen-bond acceptors (Lipinski definition) is 6. The van der Waals surface area contributed by atoms with E-state index in [2.05, 4.69) is 34.1 Å². The number of pyridine rings is 1. The second kappa shape index (κ2) is 9.27. The zero-order valence-corrected chi connectivity index (χ0v) is 21.5. The minimum atomic E-state index is -3.50. The van der Waals surface area contributed by atoms with Crippen LogP contribution in [0.25, 0.3) is 0 Å². The van der Waals surface area contributed by atoms with Gasteiger partial charge in [-0.15, -0.1) is 0 Å². The molecule has 0 bridgehead atoms. The minimum Gasteiger partial charge on any atom is -0.487 e. The smallest absolute Gasteiger partial charge is 0.272 e. The molecule has 32 heavy (non-hydrogen) atoms. The molecule has 1 aromatic heterocycles. The predicted octanol–water partition coefficient (Wildman–Crippen LogP) is 4.28. The Hall–Kier alpha value is -1.71. The van der Waals surface area contributed by atoms with Crippen molar-refractivity contribution >= 4 is 31.7 Å². The van der Waals surface area contributed by atoms with Crippen LogP contribution in [0.5, 0.6) is 0 Å². The molecule has 2 aliphatic rings. The fraction of sp³-hybridized carbons (Fsp3) is 0.565. The molecule has 0 saturated carbocycles. The van der Waals surface area contributed by atoms with Gasteiger partial charge in [-0.05, 0) is 55.8 Å². The molecule has 2 fully saturated rings. The van der Waals surface area contributed by atoms with Crippen LogP contribution in [0.15, 0.2) is 46.1 Å². The van der Waals surface area contributed by atoms with Gasteiger partial charge in [-0.25, -0.2) is 13.4 Å². The first kappa shape index (κ1) is 24.9. The van der Waals surface area contributed by atoms with Gasteiger partial charge in [0.2, 0.25) is 0 Å². The summed E-state index contributed by atoms with van der Waals surface area (Å²) in [5, 5.41) is -0.578. The number of carbonyl (C=O) groups is 1. The van der Waals surface area contributed by atoms with Gasteiger partial charge in [-0.2, -0.15) is 0 Å². The molecular weight excluding hydrogens is 496 g/mol. The minimum absolute atomic E-state index is 0.0633. The topological polar surface area (TPSA) is 85.8 Å². The second-order valence-electron chi connectivity index (χ2n) is 8.98. The summed E-state index contributed by atoms with van der Waals surface area (Å²) in [5.41, 5.74) is 0.546. The molecule has 1 unspecified atom stereocenters. The Morgan fingerprint density at radius 3 is 2.41 bits per heavy atom. The summed E-state index contributed by atoms with van der Waals surface area (Å²) in [4.78, 5) is 19.1. The number of nitrogens with zero attached hydrogens (tertiary/aromatic N) is 2. The average Bonchev–Trinajstić information content (AvgIpc) is 2.71. The van der Waals surface area contributed by atoms with Crippen LogP contribution in [0, 0.1) is 0 Å². The van der Waals surface area contributed by atoms with Gasteiger partial charge in [0.05, 0.1) is 22.4 Å². The molecule has 3 heterocycles. The molecule has 0 N–H and O–H groups in total. The lowest BCUT2D eigenvalue weighted by Crippen LogP contribution is -2.52. The van der Waals surface area contributed by atoms with Gasteiger partial charge in [0.25, 0.3) is 5.91 Å². The summed E-state index contributed by atoms with van der Waals surface area (Å²) in [5.74, 6) is 0.317. The van der Waals surface area contributed by atoms with Crippen molar-refractivity contribution in [3.8, 4) is 0 Å². The van der Waals surface area contributed by atoms with Gasteiger partial charge < -0.3 is 14.4 Å². The Morgan fingerprint density at radius 2 is 1.88 bits per heavy atom. The molecule has 2 aliphatic heterocycles. The number of likely N-dealkylation sites (tertiary alicyclic amines) is 1. The van der Waals surface area contributed by atoms with Crippen LogP contribution < -0.4 is 0 Å². The molecule has 0 aliphatic carbocycles. The van der Waals surface area contributed by atoms with Gasteiger partial charge in [0.1, 0.15) is 21.7 Å². The van der Waals surface area contributed by atoms with E-state index in [1.807, 2.05) is 13.8 Å². The molecule has 0 radical (unpaired) electrons. The fourth-order valence-corrected chi connectivity index (χ4v) is 6.11. The predicted molar refractivity (Wildman–Crippen MR) is 126 cm³/mol. The maximum Gasteiger partial charge on any atom is 0.272 e. The largest absolute Gasteiger partial charge is 0.487 e. The number of carbonyl (C=O) groups excluding carboxylic acids is 1. The molecule has 2 saturated heterocycles. The third-order valence-corrected chi connectivity index (χ3v) is 9.05. The van der Waals surface area contributed by atoms with E-state index in [1.165, 1.54) is 12.1 Å². The number of piperidine rings is 1. The lowest BCUT2D eigenvalue weighted by atomic mass is 9.81. The van der Waals surface area contributed by atoms with Crippen LogP contribution in [0.4, 0.5) is 0 Å². The van der Waals surface area contributed by atoms with E-state index in [-0.39, 0.29) is 33.3 Å². The quantitative estimate of drug-likeness (QED) is 0.532. The highest BCUT2D eigenvalue weighted by Gasteiger charge is 2.45. The lowest BCUT2D eigenvalue weighted by molar-refractivity contribution is -0.107. The van der Waals surface area contributed by atoms with Crippen molar-refractivity contribution in [2.75, 3.05) is 13.1 Å². The van der Waals surface area contributed by atoms with Crippen molar-refractivity contribution in [2.45, 2.75) is 74.9 Å². The van der Waals surface area contributed by atoms with Crippen molar-refractivity contribution in [3.63, 3.8) is 0 Å². The van der Waals surface area contributed by atoms with Crippen molar-refractivity contribution < 1.29 is 22.7 Å². The molecular formula is C23H31BrN2O5S. The number of hydrogen-bond donors (Lipinski definition) is 0. The Labute approximate surface area is 198 Å². The first-order valence-electron chi connectivity index (χ1n) is 10.8. The van der Waals surface area contributed by atoms with Crippen LogP contribution in [0.3, 0.4) is 0 Å². The Kier molecular flexibility index (Phi) is 7.22. The molecule has 9 heteroatoms. The molecule has 1 aromatic rings.